The highest BCUT2D eigenvalue weighted by Gasteiger charge is 2.47. The number of hydrogen-bond donors (Lipinski definition) is 4. The third-order valence-electron chi connectivity index (χ3n) is 10.1. The van der Waals surface area contributed by atoms with E-state index in [0.717, 1.165) is 72.3 Å². The second-order valence-corrected chi connectivity index (χ2v) is 13.5. The van der Waals surface area contributed by atoms with Gasteiger partial charge in [-0.15, -0.1) is 0 Å². The van der Waals surface area contributed by atoms with Crippen molar-refractivity contribution in [2.75, 3.05) is 19.7 Å². The second-order valence-electron chi connectivity index (χ2n) is 13.5. The molecule has 3 fully saturated rings. The number of halogens is 2. The molecule has 9 nitrogen and oxygen atoms in total. The van der Waals surface area contributed by atoms with Crippen LogP contribution in [-0.4, -0.2) is 87.7 Å². The Hall–Kier alpha value is -3.14. The predicted molar refractivity (Wildman–Crippen MR) is 171 cm³/mol. The highest BCUT2D eigenvalue weighted by Crippen LogP contribution is 2.36. The fraction of sp³-hybridized carbons (Fsp3) is 0.611. The summed E-state index contributed by atoms with van der Waals surface area (Å²) < 4.78 is 39.6. The number of alkyl halides is 2. The molecule has 2 heterocycles. The number of rotatable bonds is 12. The molecular formula is C36H47F2N3O6. The van der Waals surface area contributed by atoms with E-state index in [-0.39, 0.29) is 12.1 Å². The highest BCUT2D eigenvalue weighted by molar-refractivity contribution is 5.79. The zero-order chi connectivity index (χ0) is 33.8. The van der Waals surface area contributed by atoms with Crippen molar-refractivity contribution in [1.29, 1.82) is 5.26 Å². The lowest BCUT2D eigenvalue weighted by Crippen LogP contribution is -2.53. The van der Waals surface area contributed by atoms with Gasteiger partial charge < -0.3 is 35.0 Å². The van der Waals surface area contributed by atoms with E-state index < -0.39 is 61.4 Å². The minimum atomic E-state index is -3.02. The van der Waals surface area contributed by atoms with Gasteiger partial charge in [-0.1, -0.05) is 50.1 Å². The quantitative estimate of drug-likeness (QED) is 0.250. The maximum atomic E-state index is 13.8. The van der Waals surface area contributed by atoms with Crippen LogP contribution in [0, 0.1) is 11.3 Å². The number of carbonyl (C=O) groups excluding carboxylic acids is 1. The van der Waals surface area contributed by atoms with Crippen molar-refractivity contribution in [2.45, 2.75) is 120 Å². The standard InChI is InChI=1S/C36H47F2N3O6/c1-3-25-9-10-26(34-33(45)32(44)31(43)23(2)47-34)18-27(25)17-24-7-11-29(12-8-24)46-16-6-15-35(13-4-5-14-35)40-21-30(42)41-22-36(37,38)19-28(41)20-39/h7-12,18,23,28,31-34,40,43-45H,3-6,13-17,19,21-22H2,1-2H3/t23-,28+,31-,32+,33-,34+/m1/s1. The van der Waals surface area contributed by atoms with Gasteiger partial charge in [0.2, 0.25) is 5.91 Å². The summed E-state index contributed by atoms with van der Waals surface area (Å²) in [7, 11) is 0. The van der Waals surface area contributed by atoms with Crippen LogP contribution in [0.5, 0.6) is 5.75 Å². The Morgan fingerprint density at radius 1 is 1.09 bits per heavy atom. The van der Waals surface area contributed by atoms with Crippen LogP contribution in [0.1, 0.15) is 87.2 Å². The number of aryl methyl sites for hydroxylation is 1. The number of nitrogens with one attached hydrogen (secondary N) is 1. The molecule has 11 heteroatoms. The van der Waals surface area contributed by atoms with E-state index in [0.29, 0.717) is 13.0 Å². The molecule has 2 aromatic rings. The topological polar surface area (TPSA) is 135 Å². The highest BCUT2D eigenvalue weighted by atomic mass is 19.3. The molecule has 2 aromatic carbocycles. The zero-order valence-electron chi connectivity index (χ0n) is 27.2. The number of aliphatic hydroxyl groups is 3. The molecular weight excluding hydrogens is 608 g/mol. The normalized spacial score (nSPS) is 28.3. The molecule has 0 unspecified atom stereocenters. The smallest absolute Gasteiger partial charge is 0.268 e. The summed E-state index contributed by atoms with van der Waals surface area (Å²) in [5.74, 6) is -2.73. The van der Waals surface area contributed by atoms with Crippen LogP contribution in [-0.2, 0) is 22.4 Å². The monoisotopic (exact) mass is 655 g/mol. The number of benzene rings is 2. The van der Waals surface area contributed by atoms with Crippen molar-refractivity contribution in [2.24, 2.45) is 0 Å². The first-order valence-corrected chi connectivity index (χ1v) is 16.8. The van der Waals surface area contributed by atoms with E-state index in [9.17, 15) is 34.2 Å². The Bertz CT molecular complexity index is 1410. The molecule has 0 bridgehead atoms. The molecule has 5 rings (SSSR count). The second kappa shape index (κ2) is 15.0. The SMILES string of the molecule is CCc1ccc([C@@H]2O[C@H](C)[C@@H](O)[C@H](O)[C@H]2O)cc1Cc1ccc(OCCCC2(NCC(=O)N3CC(F)(F)C[C@H]3C#N)CCCC2)cc1. The molecule has 0 aromatic heterocycles. The fourth-order valence-electron chi connectivity index (χ4n) is 7.31. The molecule has 6 atom stereocenters. The lowest BCUT2D eigenvalue weighted by molar-refractivity contribution is -0.219. The molecule has 2 aliphatic heterocycles. The van der Waals surface area contributed by atoms with E-state index in [1.54, 1.807) is 6.92 Å². The Balaban J connectivity index is 1.13. The lowest BCUT2D eigenvalue weighted by atomic mass is 9.88. The van der Waals surface area contributed by atoms with Gasteiger partial charge >= 0.3 is 0 Å². The van der Waals surface area contributed by atoms with Crippen molar-refractivity contribution >= 4 is 5.91 Å². The number of nitriles is 1. The largest absolute Gasteiger partial charge is 0.494 e. The van der Waals surface area contributed by atoms with Gasteiger partial charge in [0.05, 0.1) is 31.9 Å². The Labute approximate surface area is 275 Å². The molecule has 256 valence electrons. The number of likely N-dealkylation sites (tertiary alicyclic amines) is 1. The van der Waals surface area contributed by atoms with Crippen molar-refractivity contribution < 1.29 is 38.4 Å². The van der Waals surface area contributed by atoms with Crippen molar-refractivity contribution in [3.05, 3.63) is 64.7 Å². The summed E-state index contributed by atoms with van der Waals surface area (Å²) in [6, 6.07) is 14.6. The van der Waals surface area contributed by atoms with Crippen molar-refractivity contribution in [3.63, 3.8) is 0 Å². The maximum Gasteiger partial charge on any atom is 0.268 e. The van der Waals surface area contributed by atoms with Crippen LogP contribution in [0.3, 0.4) is 0 Å². The van der Waals surface area contributed by atoms with Gasteiger partial charge in [-0.2, -0.15) is 5.26 Å². The van der Waals surface area contributed by atoms with Crippen LogP contribution < -0.4 is 10.1 Å². The number of aliphatic hydroxyl groups excluding tert-OH is 3. The summed E-state index contributed by atoms with van der Waals surface area (Å²) in [4.78, 5) is 13.8. The van der Waals surface area contributed by atoms with Crippen LogP contribution in [0.25, 0.3) is 0 Å². The predicted octanol–water partition coefficient (Wildman–Crippen LogP) is 4.20. The fourth-order valence-corrected chi connectivity index (χ4v) is 7.31. The molecule has 1 amide bonds. The van der Waals surface area contributed by atoms with Gasteiger partial charge in [0.15, 0.2) is 0 Å². The number of amides is 1. The molecule has 1 aliphatic carbocycles. The average Bonchev–Trinajstić information content (AvgIpc) is 3.67. The lowest BCUT2D eigenvalue weighted by Gasteiger charge is -2.39. The Morgan fingerprint density at radius 2 is 1.81 bits per heavy atom. The van der Waals surface area contributed by atoms with E-state index in [2.05, 4.69) is 12.2 Å². The minimum Gasteiger partial charge on any atom is -0.494 e. The third-order valence-corrected chi connectivity index (χ3v) is 10.1. The first-order chi connectivity index (χ1) is 22.4. The molecule has 1 saturated carbocycles. The van der Waals surface area contributed by atoms with Crippen molar-refractivity contribution in [1.82, 2.24) is 10.2 Å². The molecule has 47 heavy (non-hydrogen) atoms. The van der Waals surface area contributed by atoms with Gasteiger partial charge in [0.1, 0.15) is 36.2 Å². The molecule has 2 saturated heterocycles. The summed E-state index contributed by atoms with van der Waals surface area (Å²) in [6.45, 7) is 3.51. The average molecular weight is 656 g/mol. The summed E-state index contributed by atoms with van der Waals surface area (Å²) in [6.07, 6.45) is 1.31. The third kappa shape index (κ3) is 8.30. The van der Waals surface area contributed by atoms with Crippen LogP contribution in [0.4, 0.5) is 8.78 Å². The number of hydrogen-bond acceptors (Lipinski definition) is 8. The molecule has 0 spiro atoms. The van der Waals surface area contributed by atoms with E-state index in [1.807, 2.05) is 48.5 Å². The van der Waals surface area contributed by atoms with E-state index >= 15 is 0 Å². The van der Waals surface area contributed by atoms with Crippen LogP contribution >= 0.6 is 0 Å². The Kier molecular flexibility index (Phi) is 11.2. The van der Waals surface area contributed by atoms with E-state index in [1.165, 1.54) is 5.56 Å². The number of ether oxygens (including phenoxy) is 2. The minimum absolute atomic E-state index is 0.0578. The van der Waals surface area contributed by atoms with Gasteiger partial charge in [-0.3, -0.25) is 4.79 Å². The summed E-state index contributed by atoms with van der Waals surface area (Å²) >= 11 is 0. The maximum absolute atomic E-state index is 13.8. The van der Waals surface area contributed by atoms with Crippen LogP contribution in [0.15, 0.2) is 42.5 Å². The number of nitrogens with zero attached hydrogens (tertiary/aromatic N) is 2. The Morgan fingerprint density at radius 3 is 2.49 bits per heavy atom. The van der Waals surface area contributed by atoms with Gasteiger partial charge in [0, 0.05) is 12.0 Å². The zero-order valence-corrected chi connectivity index (χ0v) is 27.2. The van der Waals surface area contributed by atoms with Gasteiger partial charge in [0.25, 0.3) is 5.92 Å². The first-order valence-electron chi connectivity index (χ1n) is 16.8. The summed E-state index contributed by atoms with van der Waals surface area (Å²) in [5, 5.41) is 43.6. The first kappa shape index (κ1) is 35.2. The molecule has 3 aliphatic rings. The number of carbonyl (C=O) groups is 1. The van der Waals surface area contributed by atoms with Gasteiger partial charge in [-0.25, -0.2) is 8.78 Å². The summed E-state index contributed by atoms with van der Waals surface area (Å²) in [5.41, 5.74) is 3.87. The van der Waals surface area contributed by atoms with Crippen molar-refractivity contribution in [3.8, 4) is 11.8 Å². The van der Waals surface area contributed by atoms with E-state index in [4.69, 9.17) is 9.47 Å². The van der Waals surface area contributed by atoms with Crippen LogP contribution in [0.2, 0.25) is 0 Å². The van der Waals surface area contributed by atoms with Gasteiger partial charge in [-0.05, 0) is 79.8 Å². The molecule has 0 radical (unpaired) electrons. The molecule has 4 N–H and O–H groups in total.